The van der Waals surface area contributed by atoms with Gasteiger partial charge in [-0.05, 0) is 19.4 Å². The molecule has 0 radical (unpaired) electrons. The number of amides is 1. The zero-order valence-corrected chi connectivity index (χ0v) is 7.43. The third-order valence-corrected chi connectivity index (χ3v) is 1.91. The maximum absolute atomic E-state index is 10.8. The molecule has 70 valence electrons. The van der Waals surface area contributed by atoms with Gasteiger partial charge in [0.15, 0.2) is 0 Å². The van der Waals surface area contributed by atoms with Gasteiger partial charge in [0.2, 0.25) is 5.91 Å². The maximum atomic E-state index is 10.8. The number of hydrogen-bond acceptors (Lipinski definition) is 3. The van der Waals surface area contributed by atoms with E-state index in [2.05, 4.69) is 10.8 Å². The third-order valence-electron chi connectivity index (χ3n) is 1.91. The molecule has 0 aromatic rings. The highest BCUT2D eigenvalue weighted by molar-refractivity contribution is 5.74. The fraction of sp³-hybridized carbons (Fsp3) is 0.875. The zero-order valence-electron chi connectivity index (χ0n) is 7.43. The Kier molecular flexibility index (Phi) is 4.04. The smallest absolute Gasteiger partial charge is 0.243 e. The summed E-state index contributed by atoms with van der Waals surface area (Å²) in [4.78, 5) is 16.0. The van der Waals surface area contributed by atoms with Crippen LogP contribution in [0, 0.1) is 0 Å². The van der Waals surface area contributed by atoms with Crippen LogP contribution in [0.15, 0.2) is 0 Å². The van der Waals surface area contributed by atoms with Gasteiger partial charge >= 0.3 is 0 Å². The van der Waals surface area contributed by atoms with E-state index >= 15 is 0 Å². The number of hydroxylamine groups is 1. The van der Waals surface area contributed by atoms with E-state index in [0.717, 1.165) is 25.9 Å². The summed E-state index contributed by atoms with van der Waals surface area (Å²) in [5.74, 6) is -0.0550. The molecule has 1 heterocycles. The quantitative estimate of drug-likeness (QED) is 0.598. The molecule has 0 spiro atoms. The van der Waals surface area contributed by atoms with Crippen LogP contribution in [0.1, 0.15) is 26.2 Å². The van der Waals surface area contributed by atoms with E-state index in [1.807, 2.05) is 0 Å². The lowest BCUT2D eigenvalue weighted by Crippen LogP contribution is -2.39. The summed E-state index contributed by atoms with van der Waals surface area (Å²) in [5, 5.41) is 3.20. The van der Waals surface area contributed by atoms with Crippen molar-refractivity contribution in [3.8, 4) is 0 Å². The largest absolute Gasteiger partial charge is 0.314 e. The van der Waals surface area contributed by atoms with Crippen molar-refractivity contribution in [2.24, 2.45) is 0 Å². The molecule has 1 fully saturated rings. The first-order valence-corrected chi connectivity index (χ1v) is 4.48. The maximum Gasteiger partial charge on any atom is 0.243 e. The molecule has 1 aliphatic rings. The van der Waals surface area contributed by atoms with Gasteiger partial charge in [-0.3, -0.25) is 9.63 Å². The molecule has 1 saturated heterocycles. The number of rotatable bonds is 3. The van der Waals surface area contributed by atoms with Crippen LogP contribution in [-0.4, -0.2) is 25.1 Å². The molecule has 1 aliphatic heterocycles. The molecule has 4 heteroatoms. The number of carbonyl (C=O) groups excluding carboxylic acids is 1. The summed E-state index contributed by atoms with van der Waals surface area (Å²) in [6.45, 7) is 3.70. The second-order valence-electron chi connectivity index (χ2n) is 2.97. The lowest BCUT2D eigenvalue weighted by Gasteiger charge is -2.22. The van der Waals surface area contributed by atoms with Crippen LogP contribution >= 0.6 is 0 Å². The molecule has 0 saturated carbocycles. The van der Waals surface area contributed by atoms with Crippen molar-refractivity contribution in [2.45, 2.75) is 32.3 Å². The lowest BCUT2D eigenvalue weighted by atomic mass is 10.1. The Hall–Kier alpha value is -0.610. The molecule has 1 atom stereocenters. The Morgan fingerprint density at radius 2 is 2.58 bits per heavy atom. The molecule has 4 nitrogen and oxygen atoms in total. The SMILES string of the molecule is CCC(=O)NOC1CCCNC1. The molecule has 0 aliphatic carbocycles. The molecule has 1 amide bonds. The van der Waals surface area contributed by atoms with Crippen molar-refractivity contribution < 1.29 is 9.63 Å². The summed E-state index contributed by atoms with van der Waals surface area (Å²) >= 11 is 0. The molecular formula is C8H16N2O2. The average molecular weight is 172 g/mol. The van der Waals surface area contributed by atoms with E-state index in [9.17, 15) is 4.79 Å². The number of carbonyl (C=O) groups is 1. The first kappa shape index (κ1) is 9.48. The van der Waals surface area contributed by atoms with Gasteiger partial charge in [0.1, 0.15) is 0 Å². The van der Waals surface area contributed by atoms with Crippen LogP contribution in [0.3, 0.4) is 0 Å². The van der Waals surface area contributed by atoms with Crippen LogP contribution < -0.4 is 10.8 Å². The second-order valence-corrected chi connectivity index (χ2v) is 2.97. The first-order chi connectivity index (χ1) is 5.83. The molecule has 0 aromatic carbocycles. The van der Waals surface area contributed by atoms with Crippen molar-refractivity contribution in [1.29, 1.82) is 0 Å². The van der Waals surface area contributed by atoms with Crippen LogP contribution in [-0.2, 0) is 9.63 Å². The van der Waals surface area contributed by atoms with Crippen molar-refractivity contribution in [3.05, 3.63) is 0 Å². The van der Waals surface area contributed by atoms with Crippen molar-refractivity contribution in [2.75, 3.05) is 13.1 Å². The minimum Gasteiger partial charge on any atom is -0.314 e. The minimum atomic E-state index is -0.0550. The van der Waals surface area contributed by atoms with Gasteiger partial charge in [0.05, 0.1) is 6.10 Å². The molecule has 0 bridgehead atoms. The van der Waals surface area contributed by atoms with Gasteiger partial charge in [-0.25, -0.2) is 5.48 Å². The molecule has 12 heavy (non-hydrogen) atoms. The highest BCUT2D eigenvalue weighted by atomic mass is 16.7. The molecular weight excluding hydrogens is 156 g/mol. The highest BCUT2D eigenvalue weighted by Crippen LogP contribution is 2.03. The van der Waals surface area contributed by atoms with Crippen molar-refractivity contribution >= 4 is 5.91 Å². The van der Waals surface area contributed by atoms with E-state index in [1.54, 1.807) is 6.92 Å². The van der Waals surface area contributed by atoms with E-state index in [4.69, 9.17) is 4.84 Å². The number of hydrogen-bond donors (Lipinski definition) is 2. The van der Waals surface area contributed by atoms with E-state index in [1.165, 1.54) is 0 Å². The van der Waals surface area contributed by atoms with E-state index < -0.39 is 0 Å². The summed E-state index contributed by atoms with van der Waals surface area (Å²) in [5.41, 5.74) is 2.42. The van der Waals surface area contributed by atoms with E-state index in [0.29, 0.717) is 6.42 Å². The summed E-state index contributed by atoms with van der Waals surface area (Å²) < 4.78 is 0. The van der Waals surface area contributed by atoms with Crippen LogP contribution in [0.25, 0.3) is 0 Å². The molecule has 1 rings (SSSR count). The Morgan fingerprint density at radius 1 is 1.75 bits per heavy atom. The Labute approximate surface area is 72.6 Å². The lowest BCUT2D eigenvalue weighted by molar-refractivity contribution is -0.138. The Morgan fingerprint density at radius 3 is 3.17 bits per heavy atom. The Bertz CT molecular complexity index is 144. The van der Waals surface area contributed by atoms with Crippen LogP contribution in [0.4, 0.5) is 0 Å². The zero-order chi connectivity index (χ0) is 8.81. The van der Waals surface area contributed by atoms with Gasteiger partial charge in [0.25, 0.3) is 0 Å². The van der Waals surface area contributed by atoms with Gasteiger partial charge in [-0.15, -0.1) is 0 Å². The normalized spacial score (nSPS) is 23.6. The minimum absolute atomic E-state index is 0.0550. The predicted molar refractivity (Wildman–Crippen MR) is 45.4 cm³/mol. The first-order valence-electron chi connectivity index (χ1n) is 4.48. The number of nitrogens with one attached hydrogen (secondary N) is 2. The second kappa shape index (κ2) is 5.11. The van der Waals surface area contributed by atoms with Gasteiger partial charge in [0, 0.05) is 13.0 Å². The summed E-state index contributed by atoms with van der Waals surface area (Å²) in [7, 11) is 0. The van der Waals surface area contributed by atoms with Crippen molar-refractivity contribution in [1.82, 2.24) is 10.8 Å². The molecule has 0 aromatic heterocycles. The van der Waals surface area contributed by atoms with Gasteiger partial charge in [-0.2, -0.15) is 0 Å². The van der Waals surface area contributed by atoms with Crippen LogP contribution in [0.2, 0.25) is 0 Å². The standard InChI is InChI=1S/C8H16N2O2/c1-2-8(11)10-12-7-4-3-5-9-6-7/h7,9H,2-6H2,1H3,(H,10,11). The van der Waals surface area contributed by atoms with Gasteiger partial charge < -0.3 is 5.32 Å². The van der Waals surface area contributed by atoms with Crippen LogP contribution in [0.5, 0.6) is 0 Å². The Balaban J connectivity index is 2.09. The van der Waals surface area contributed by atoms with E-state index in [-0.39, 0.29) is 12.0 Å². The molecule has 2 N–H and O–H groups in total. The predicted octanol–water partition coefficient (Wildman–Crippen LogP) is 0.196. The number of piperidine rings is 1. The third kappa shape index (κ3) is 3.19. The van der Waals surface area contributed by atoms with Crippen molar-refractivity contribution in [3.63, 3.8) is 0 Å². The topological polar surface area (TPSA) is 50.4 Å². The summed E-state index contributed by atoms with van der Waals surface area (Å²) in [6, 6.07) is 0. The molecule has 1 unspecified atom stereocenters. The summed E-state index contributed by atoms with van der Waals surface area (Å²) in [6.07, 6.45) is 2.76. The fourth-order valence-electron chi connectivity index (χ4n) is 1.14. The fourth-order valence-corrected chi connectivity index (χ4v) is 1.14. The monoisotopic (exact) mass is 172 g/mol. The highest BCUT2D eigenvalue weighted by Gasteiger charge is 2.13. The average Bonchev–Trinajstić information content (AvgIpc) is 2.16. The van der Waals surface area contributed by atoms with Gasteiger partial charge in [-0.1, -0.05) is 6.92 Å².